The Bertz CT molecular complexity index is 306. The Balaban J connectivity index is 2.29. The van der Waals surface area contributed by atoms with E-state index in [1.807, 2.05) is 6.92 Å². The summed E-state index contributed by atoms with van der Waals surface area (Å²) >= 11 is 0. The minimum atomic E-state index is 0.269. The van der Waals surface area contributed by atoms with Gasteiger partial charge in [-0.3, -0.25) is 0 Å². The van der Waals surface area contributed by atoms with Crippen LogP contribution >= 0.6 is 0 Å². The van der Waals surface area contributed by atoms with E-state index in [1.54, 1.807) is 0 Å². The number of rotatable bonds is 1. The predicted molar refractivity (Wildman–Crippen MR) is 50.5 cm³/mol. The van der Waals surface area contributed by atoms with E-state index in [2.05, 4.69) is 12.1 Å². The molecular formula is C10H16N2O. The van der Waals surface area contributed by atoms with Crippen LogP contribution in [0.5, 0.6) is 0 Å². The van der Waals surface area contributed by atoms with Crippen LogP contribution in [0, 0.1) is 13.8 Å². The minimum absolute atomic E-state index is 0.269. The molecule has 0 amide bonds. The standard InChI is InChI=1S/C10H16N2O/c1-6-7(2)12-13-10(6)8-4-3-5-9(8)11/h8-9H,3-5,11H2,1-2H3. The molecular weight excluding hydrogens is 164 g/mol. The number of aryl methyl sites for hydroxylation is 1. The molecule has 3 heteroatoms. The molecule has 1 aromatic rings. The Hall–Kier alpha value is -0.830. The molecule has 3 nitrogen and oxygen atoms in total. The molecule has 1 fully saturated rings. The fourth-order valence-electron chi connectivity index (χ4n) is 2.09. The molecule has 2 unspecified atom stereocenters. The van der Waals surface area contributed by atoms with Crippen molar-refractivity contribution in [3.05, 3.63) is 17.0 Å². The van der Waals surface area contributed by atoms with Crippen molar-refractivity contribution in [2.45, 2.75) is 45.1 Å². The first-order chi connectivity index (χ1) is 6.20. The first-order valence-electron chi connectivity index (χ1n) is 4.88. The average molecular weight is 180 g/mol. The third kappa shape index (κ3) is 1.37. The Kier molecular flexibility index (Phi) is 2.12. The summed E-state index contributed by atoms with van der Waals surface area (Å²) in [6.07, 6.45) is 3.48. The second-order valence-corrected chi connectivity index (χ2v) is 3.96. The molecule has 1 aliphatic carbocycles. The van der Waals surface area contributed by atoms with E-state index in [0.29, 0.717) is 5.92 Å². The molecule has 1 aromatic heterocycles. The molecule has 0 spiro atoms. The zero-order chi connectivity index (χ0) is 9.42. The summed E-state index contributed by atoms with van der Waals surface area (Å²) in [7, 11) is 0. The molecule has 0 radical (unpaired) electrons. The van der Waals surface area contributed by atoms with Gasteiger partial charge in [-0.15, -0.1) is 0 Å². The highest BCUT2D eigenvalue weighted by atomic mass is 16.5. The predicted octanol–water partition coefficient (Wildman–Crippen LogP) is 1.89. The van der Waals surface area contributed by atoms with E-state index in [-0.39, 0.29) is 6.04 Å². The minimum Gasteiger partial charge on any atom is -0.361 e. The number of nitrogens with two attached hydrogens (primary N) is 1. The maximum absolute atomic E-state index is 6.00. The van der Waals surface area contributed by atoms with Gasteiger partial charge in [0.15, 0.2) is 0 Å². The van der Waals surface area contributed by atoms with Crippen molar-refractivity contribution < 1.29 is 4.52 Å². The molecule has 2 rings (SSSR count). The number of hydrogen-bond donors (Lipinski definition) is 1. The van der Waals surface area contributed by atoms with Crippen LogP contribution in [0.3, 0.4) is 0 Å². The van der Waals surface area contributed by atoms with Crippen molar-refractivity contribution >= 4 is 0 Å². The molecule has 1 saturated carbocycles. The fourth-order valence-corrected chi connectivity index (χ4v) is 2.09. The Labute approximate surface area is 78.3 Å². The highest BCUT2D eigenvalue weighted by molar-refractivity contribution is 5.24. The molecule has 0 aromatic carbocycles. The lowest BCUT2D eigenvalue weighted by molar-refractivity contribution is 0.348. The molecule has 1 heterocycles. The van der Waals surface area contributed by atoms with E-state index in [0.717, 1.165) is 24.3 Å². The van der Waals surface area contributed by atoms with Gasteiger partial charge in [-0.25, -0.2) is 0 Å². The van der Waals surface area contributed by atoms with Gasteiger partial charge in [0.25, 0.3) is 0 Å². The summed E-state index contributed by atoms with van der Waals surface area (Å²) in [6, 6.07) is 0.269. The van der Waals surface area contributed by atoms with Crippen molar-refractivity contribution in [1.82, 2.24) is 5.16 Å². The maximum atomic E-state index is 6.00. The number of aromatic nitrogens is 1. The van der Waals surface area contributed by atoms with Crippen molar-refractivity contribution in [2.75, 3.05) is 0 Å². The summed E-state index contributed by atoms with van der Waals surface area (Å²) in [5, 5.41) is 3.96. The van der Waals surface area contributed by atoms with Crippen LogP contribution < -0.4 is 5.73 Å². The van der Waals surface area contributed by atoms with Crippen molar-refractivity contribution in [3.63, 3.8) is 0 Å². The third-order valence-corrected chi connectivity index (χ3v) is 3.10. The van der Waals surface area contributed by atoms with Gasteiger partial charge in [0.1, 0.15) is 5.76 Å². The monoisotopic (exact) mass is 180 g/mol. The van der Waals surface area contributed by atoms with Crippen LogP contribution in [-0.2, 0) is 0 Å². The number of nitrogens with zero attached hydrogens (tertiary/aromatic N) is 1. The van der Waals surface area contributed by atoms with Crippen LogP contribution in [0.4, 0.5) is 0 Å². The van der Waals surface area contributed by atoms with Gasteiger partial charge in [-0.05, 0) is 26.7 Å². The molecule has 13 heavy (non-hydrogen) atoms. The lowest BCUT2D eigenvalue weighted by atomic mass is 9.98. The van der Waals surface area contributed by atoms with Crippen molar-refractivity contribution in [2.24, 2.45) is 5.73 Å². The Morgan fingerprint density at radius 1 is 1.38 bits per heavy atom. The Morgan fingerprint density at radius 3 is 2.62 bits per heavy atom. The van der Waals surface area contributed by atoms with Gasteiger partial charge in [-0.1, -0.05) is 11.6 Å². The maximum Gasteiger partial charge on any atom is 0.144 e. The molecule has 72 valence electrons. The van der Waals surface area contributed by atoms with E-state index < -0.39 is 0 Å². The van der Waals surface area contributed by atoms with Crippen molar-refractivity contribution in [3.8, 4) is 0 Å². The molecule has 2 N–H and O–H groups in total. The van der Waals surface area contributed by atoms with Gasteiger partial charge in [0.05, 0.1) is 5.69 Å². The van der Waals surface area contributed by atoms with Crippen LogP contribution in [-0.4, -0.2) is 11.2 Å². The normalized spacial score (nSPS) is 28.2. The smallest absolute Gasteiger partial charge is 0.144 e. The zero-order valence-electron chi connectivity index (χ0n) is 8.21. The largest absolute Gasteiger partial charge is 0.361 e. The second kappa shape index (κ2) is 3.14. The topological polar surface area (TPSA) is 52.0 Å². The fraction of sp³-hybridized carbons (Fsp3) is 0.700. The van der Waals surface area contributed by atoms with Crippen LogP contribution in [0.25, 0.3) is 0 Å². The van der Waals surface area contributed by atoms with Gasteiger partial charge in [0.2, 0.25) is 0 Å². The lowest BCUT2D eigenvalue weighted by Gasteiger charge is -2.11. The summed E-state index contributed by atoms with van der Waals surface area (Å²) in [4.78, 5) is 0. The molecule has 0 saturated heterocycles. The first-order valence-corrected chi connectivity index (χ1v) is 4.88. The second-order valence-electron chi connectivity index (χ2n) is 3.96. The van der Waals surface area contributed by atoms with Crippen LogP contribution in [0.1, 0.15) is 42.2 Å². The lowest BCUT2D eigenvalue weighted by Crippen LogP contribution is -2.22. The summed E-state index contributed by atoms with van der Waals surface area (Å²) in [5.74, 6) is 1.42. The number of hydrogen-bond acceptors (Lipinski definition) is 3. The first kappa shape index (κ1) is 8.75. The van der Waals surface area contributed by atoms with E-state index in [4.69, 9.17) is 10.3 Å². The highest BCUT2D eigenvalue weighted by Crippen LogP contribution is 2.35. The molecule has 0 aliphatic heterocycles. The van der Waals surface area contributed by atoms with Crippen LogP contribution in [0.15, 0.2) is 4.52 Å². The van der Waals surface area contributed by atoms with Crippen molar-refractivity contribution in [1.29, 1.82) is 0 Å². The van der Waals surface area contributed by atoms with E-state index in [1.165, 1.54) is 12.0 Å². The van der Waals surface area contributed by atoms with Crippen LogP contribution in [0.2, 0.25) is 0 Å². The SMILES string of the molecule is Cc1noc(C2CCCC2N)c1C. The van der Waals surface area contributed by atoms with Gasteiger partial charge >= 0.3 is 0 Å². The summed E-state index contributed by atoms with van der Waals surface area (Å²) in [6.45, 7) is 4.04. The van der Waals surface area contributed by atoms with E-state index >= 15 is 0 Å². The third-order valence-electron chi connectivity index (χ3n) is 3.10. The quantitative estimate of drug-likeness (QED) is 0.718. The summed E-state index contributed by atoms with van der Waals surface area (Å²) < 4.78 is 5.32. The Morgan fingerprint density at radius 2 is 2.15 bits per heavy atom. The average Bonchev–Trinajstić information content (AvgIpc) is 2.62. The van der Waals surface area contributed by atoms with E-state index in [9.17, 15) is 0 Å². The van der Waals surface area contributed by atoms with Gasteiger partial charge < -0.3 is 10.3 Å². The molecule has 1 aliphatic rings. The highest BCUT2D eigenvalue weighted by Gasteiger charge is 2.30. The molecule has 2 atom stereocenters. The molecule has 0 bridgehead atoms. The van der Waals surface area contributed by atoms with Gasteiger partial charge in [-0.2, -0.15) is 0 Å². The zero-order valence-corrected chi connectivity index (χ0v) is 8.21. The van der Waals surface area contributed by atoms with Gasteiger partial charge in [0, 0.05) is 17.5 Å². The summed E-state index contributed by atoms with van der Waals surface area (Å²) in [5.41, 5.74) is 8.18.